The van der Waals surface area contributed by atoms with Crippen LogP contribution in [-0.4, -0.2) is 11.7 Å². The van der Waals surface area contributed by atoms with Gasteiger partial charge in [-0.1, -0.05) is 11.6 Å². The summed E-state index contributed by atoms with van der Waals surface area (Å²) in [7, 11) is 0. The van der Waals surface area contributed by atoms with Crippen LogP contribution in [0.1, 0.15) is 20.8 Å². The summed E-state index contributed by atoms with van der Waals surface area (Å²) >= 11 is 5.80. The van der Waals surface area contributed by atoms with Crippen LogP contribution in [0.25, 0.3) is 0 Å². The first-order valence-electron chi connectivity index (χ1n) is 4.93. The van der Waals surface area contributed by atoms with Gasteiger partial charge in [0.25, 0.3) is 0 Å². The van der Waals surface area contributed by atoms with Crippen LogP contribution in [0.4, 0.5) is 20.6 Å². The van der Waals surface area contributed by atoms with E-state index in [1.165, 1.54) is 6.07 Å². The van der Waals surface area contributed by atoms with Gasteiger partial charge in [-0.05, 0) is 26.8 Å². The number of hydrogen-bond donors (Lipinski definition) is 2. The van der Waals surface area contributed by atoms with Crippen LogP contribution < -0.4 is 11.1 Å². The van der Waals surface area contributed by atoms with Crippen LogP contribution in [0, 0.1) is 5.82 Å². The van der Waals surface area contributed by atoms with Gasteiger partial charge in [0.05, 0.1) is 16.4 Å². The molecule has 17 heavy (non-hydrogen) atoms. The molecule has 0 atom stereocenters. The summed E-state index contributed by atoms with van der Waals surface area (Å²) in [4.78, 5) is 11.4. The van der Waals surface area contributed by atoms with E-state index in [0.717, 1.165) is 6.07 Å². The van der Waals surface area contributed by atoms with E-state index in [4.69, 9.17) is 22.1 Å². The Bertz CT molecular complexity index is 444. The number of benzene rings is 1. The molecule has 1 aromatic rings. The van der Waals surface area contributed by atoms with Crippen molar-refractivity contribution >= 4 is 29.1 Å². The topological polar surface area (TPSA) is 64.3 Å². The average Bonchev–Trinajstić information content (AvgIpc) is 2.11. The van der Waals surface area contributed by atoms with Gasteiger partial charge in [-0.3, -0.25) is 5.32 Å². The molecule has 0 aliphatic rings. The summed E-state index contributed by atoms with van der Waals surface area (Å²) in [5, 5.41) is 2.49. The molecule has 0 fully saturated rings. The normalized spacial score (nSPS) is 11.1. The predicted octanol–water partition coefficient (Wildman–Crippen LogP) is 3.41. The van der Waals surface area contributed by atoms with Crippen molar-refractivity contribution in [1.29, 1.82) is 0 Å². The first-order chi connectivity index (χ1) is 7.69. The monoisotopic (exact) mass is 260 g/mol. The van der Waals surface area contributed by atoms with Crippen LogP contribution >= 0.6 is 11.6 Å². The number of carbonyl (C=O) groups is 1. The van der Waals surface area contributed by atoms with Gasteiger partial charge in [-0.2, -0.15) is 0 Å². The second kappa shape index (κ2) is 4.79. The molecule has 1 amide bonds. The van der Waals surface area contributed by atoms with Crippen molar-refractivity contribution in [1.82, 2.24) is 0 Å². The first-order valence-corrected chi connectivity index (χ1v) is 5.31. The molecule has 0 spiro atoms. The minimum atomic E-state index is -0.705. The number of nitrogens with two attached hydrogens (primary N) is 1. The molecule has 0 aliphatic carbocycles. The van der Waals surface area contributed by atoms with Crippen LogP contribution in [0.15, 0.2) is 12.1 Å². The number of nitrogen functional groups attached to an aromatic ring is 1. The predicted molar refractivity (Wildman–Crippen MR) is 65.7 cm³/mol. The molecule has 1 rings (SSSR count). The van der Waals surface area contributed by atoms with E-state index in [1.54, 1.807) is 20.8 Å². The van der Waals surface area contributed by atoms with Gasteiger partial charge in [-0.15, -0.1) is 0 Å². The molecule has 94 valence electrons. The van der Waals surface area contributed by atoms with Crippen molar-refractivity contribution in [2.45, 2.75) is 26.4 Å². The summed E-state index contributed by atoms with van der Waals surface area (Å²) in [5.41, 5.74) is 4.72. The molecule has 0 aromatic heterocycles. The molecule has 6 heteroatoms. The molecule has 0 bridgehead atoms. The second-order valence-electron chi connectivity index (χ2n) is 4.48. The third-order valence-corrected chi connectivity index (χ3v) is 2.03. The Morgan fingerprint density at radius 2 is 2.06 bits per heavy atom. The summed E-state index contributed by atoms with van der Waals surface area (Å²) in [6.45, 7) is 5.16. The molecule has 4 nitrogen and oxygen atoms in total. The lowest BCUT2D eigenvalue weighted by molar-refractivity contribution is 0.0636. The van der Waals surface area contributed by atoms with Gasteiger partial charge in [0.2, 0.25) is 0 Å². The summed E-state index contributed by atoms with van der Waals surface area (Å²) < 4.78 is 18.2. The Labute approximate surface area is 104 Å². The fraction of sp³-hybridized carbons (Fsp3) is 0.364. The Kier molecular flexibility index (Phi) is 3.83. The number of amides is 1. The van der Waals surface area contributed by atoms with Crippen molar-refractivity contribution in [3.8, 4) is 0 Å². The van der Waals surface area contributed by atoms with E-state index >= 15 is 0 Å². The maximum atomic E-state index is 13.2. The Morgan fingerprint density at radius 1 is 1.47 bits per heavy atom. The summed E-state index contributed by atoms with van der Waals surface area (Å²) in [6, 6.07) is 2.27. The van der Waals surface area contributed by atoms with Crippen LogP contribution in [-0.2, 0) is 4.74 Å². The molecule has 0 heterocycles. The van der Waals surface area contributed by atoms with Gasteiger partial charge in [0.1, 0.15) is 11.4 Å². The molecule has 0 unspecified atom stereocenters. The smallest absolute Gasteiger partial charge is 0.412 e. The van der Waals surface area contributed by atoms with Crippen molar-refractivity contribution in [3.63, 3.8) is 0 Å². The molecular weight excluding hydrogens is 247 g/mol. The molecular formula is C11H14ClFN2O2. The van der Waals surface area contributed by atoms with Gasteiger partial charge in [0.15, 0.2) is 0 Å². The van der Waals surface area contributed by atoms with E-state index in [2.05, 4.69) is 5.32 Å². The Hall–Kier alpha value is -1.49. The van der Waals surface area contributed by atoms with Crippen LogP contribution in [0.5, 0.6) is 0 Å². The number of carbonyl (C=O) groups excluding carboxylic acids is 1. The number of nitrogens with one attached hydrogen (secondary N) is 1. The fourth-order valence-corrected chi connectivity index (χ4v) is 1.29. The zero-order valence-corrected chi connectivity index (χ0v) is 10.6. The molecule has 0 saturated carbocycles. The van der Waals surface area contributed by atoms with Crippen molar-refractivity contribution in [2.75, 3.05) is 11.1 Å². The highest BCUT2D eigenvalue weighted by molar-refractivity contribution is 6.33. The summed E-state index contributed by atoms with van der Waals surface area (Å²) in [6.07, 6.45) is -0.705. The third-order valence-electron chi connectivity index (χ3n) is 1.72. The highest BCUT2D eigenvalue weighted by atomic mass is 35.5. The molecule has 1 aromatic carbocycles. The summed E-state index contributed by atoms with van der Waals surface area (Å²) in [5.74, 6) is -0.652. The van der Waals surface area contributed by atoms with E-state index in [-0.39, 0.29) is 16.4 Å². The van der Waals surface area contributed by atoms with Gasteiger partial charge in [-0.25, -0.2) is 9.18 Å². The van der Waals surface area contributed by atoms with Crippen molar-refractivity contribution < 1.29 is 13.9 Å². The molecule has 0 radical (unpaired) electrons. The number of rotatable bonds is 1. The van der Waals surface area contributed by atoms with Crippen molar-refractivity contribution in [3.05, 3.63) is 23.0 Å². The highest BCUT2D eigenvalue weighted by Crippen LogP contribution is 2.27. The number of halogens is 2. The maximum Gasteiger partial charge on any atom is 0.412 e. The SMILES string of the molecule is CC(C)(C)OC(=O)Nc1cc(F)c(N)cc1Cl. The largest absolute Gasteiger partial charge is 0.444 e. The van der Waals surface area contributed by atoms with Crippen molar-refractivity contribution in [2.24, 2.45) is 0 Å². The van der Waals surface area contributed by atoms with E-state index in [1.807, 2.05) is 0 Å². The van der Waals surface area contributed by atoms with E-state index in [9.17, 15) is 9.18 Å². The Balaban J connectivity index is 2.82. The lowest BCUT2D eigenvalue weighted by atomic mass is 10.2. The van der Waals surface area contributed by atoms with E-state index < -0.39 is 17.5 Å². The average molecular weight is 261 g/mol. The van der Waals surface area contributed by atoms with Crippen LogP contribution in [0.2, 0.25) is 5.02 Å². The standard InChI is InChI=1S/C11H14ClFN2O2/c1-11(2,3)17-10(16)15-9-5-7(13)8(14)4-6(9)12/h4-5H,14H2,1-3H3,(H,15,16). The third kappa shape index (κ3) is 4.11. The minimum absolute atomic E-state index is 0.0789. The lowest BCUT2D eigenvalue weighted by Crippen LogP contribution is -2.27. The Morgan fingerprint density at radius 3 is 2.59 bits per heavy atom. The van der Waals surface area contributed by atoms with Gasteiger partial charge < -0.3 is 10.5 Å². The lowest BCUT2D eigenvalue weighted by Gasteiger charge is -2.20. The van der Waals surface area contributed by atoms with Crippen LogP contribution in [0.3, 0.4) is 0 Å². The first kappa shape index (κ1) is 13.6. The highest BCUT2D eigenvalue weighted by Gasteiger charge is 2.17. The minimum Gasteiger partial charge on any atom is -0.444 e. The fourth-order valence-electron chi connectivity index (χ4n) is 1.07. The maximum absolute atomic E-state index is 13.2. The molecule has 0 saturated heterocycles. The van der Waals surface area contributed by atoms with E-state index in [0.29, 0.717) is 0 Å². The number of hydrogen-bond acceptors (Lipinski definition) is 3. The zero-order chi connectivity index (χ0) is 13.2. The second-order valence-corrected chi connectivity index (χ2v) is 4.89. The molecule has 0 aliphatic heterocycles. The molecule has 3 N–H and O–H groups in total. The quantitative estimate of drug-likeness (QED) is 0.761. The number of ether oxygens (including phenoxy) is 1. The zero-order valence-electron chi connectivity index (χ0n) is 9.80. The number of anilines is 2. The van der Waals surface area contributed by atoms with Gasteiger partial charge >= 0.3 is 6.09 Å². The van der Waals surface area contributed by atoms with Gasteiger partial charge in [0, 0.05) is 6.07 Å².